The van der Waals surface area contributed by atoms with Crippen molar-refractivity contribution in [3.63, 3.8) is 0 Å². The standard InChI is InChI=1S/C13H23N3O2S/c1-6-8-19-11-9(12(17)18-7-2)10(14)16(15-11)13(3,4)5/h6-8,14H2,1-5H3. The van der Waals surface area contributed by atoms with Gasteiger partial charge in [0.05, 0.1) is 12.1 Å². The van der Waals surface area contributed by atoms with Gasteiger partial charge in [0, 0.05) is 0 Å². The number of hydrogen-bond donors (Lipinski definition) is 1. The average Bonchev–Trinajstić information content (AvgIpc) is 2.63. The maximum Gasteiger partial charge on any atom is 0.344 e. The van der Waals surface area contributed by atoms with Crippen LogP contribution in [-0.4, -0.2) is 28.1 Å². The van der Waals surface area contributed by atoms with Crippen LogP contribution >= 0.6 is 11.8 Å². The van der Waals surface area contributed by atoms with E-state index in [1.165, 1.54) is 11.8 Å². The third-order valence-corrected chi connectivity index (χ3v) is 3.62. The van der Waals surface area contributed by atoms with Gasteiger partial charge in [0.1, 0.15) is 16.4 Å². The summed E-state index contributed by atoms with van der Waals surface area (Å²) in [7, 11) is 0. The van der Waals surface area contributed by atoms with Gasteiger partial charge in [-0.1, -0.05) is 6.92 Å². The molecule has 1 aromatic heterocycles. The number of nitrogen functional groups attached to an aromatic ring is 1. The van der Waals surface area contributed by atoms with Crippen LogP contribution in [0.15, 0.2) is 5.03 Å². The first-order valence-corrected chi connectivity index (χ1v) is 7.50. The quantitative estimate of drug-likeness (QED) is 0.665. The van der Waals surface area contributed by atoms with Gasteiger partial charge in [-0.05, 0) is 39.9 Å². The fourth-order valence-corrected chi connectivity index (χ4v) is 2.49. The second-order valence-electron chi connectivity index (χ2n) is 5.22. The second-order valence-corrected chi connectivity index (χ2v) is 6.30. The van der Waals surface area contributed by atoms with Crippen molar-refractivity contribution in [1.29, 1.82) is 0 Å². The lowest BCUT2D eigenvalue weighted by molar-refractivity contribution is 0.0523. The van der Waals surface area contributed by atoms with Crippen LogP contribution in [0, 0.1) is 0 Å². The fourth-order valence-electron chi connectivity index (χ4n) is 1.62. The molecule has 1 aromatic rings. The highest BCUT2D eigenvalue weighted by Crippen LogP contribution is 2.31. The number of thioether (sulfide) groups is 1. The van der Waals surface area contributed by atoms with E-state index in [2.05, 4.69) is 12.0 Å². The largest absolute Gasteiger partial charge is 0.462 e. The number of carbonyl (C=O) groups excluding carboxylic acids is 1. The molecule has 2 N–H and O–H groups in total. The lowest BCUT2D eigenvalue weighted by Crippen LogP contribution is -2.25. The summed E-state index contributed by atoms with van der Waals surface area (Å²) >= 11 is 1.54. The van der Waals surface area contributed by atoms with Crippen molar-refractivity contribution in [3.8, 4) is 0 Å². The van der Waals surface area contributed by atoms with Crippen molar-refractivity contribution in [2.24, 2.45) is 0 Å². The number of esters is 1. The van der Waals surface area contributed by atoms with Crippen LogP contribution < -0.4 is 5.73 Å². The summed E-state index contributed by atoms with van der Waals surface area (Å²) in [5.74, 6) is 0.881. The smallest absolute Gasteiger partial charge is 0.344 e. The van der Waals surface area contributed by atoms with E-state index in [9.17, 15) is 4.79 Å². The molecule has 0 fully saturated rings. The van der Waals surface area contributed by atoms with Crippen molar-refractivity contribution in [1.82, 2.24) is 9.78 Å². The molecule has 0 saturated heterocycles. The Hall–Kier alpha value is -1.17. The molecule has 0 aromatic carbocycles. The highest BCUT2D eigenvalue weighted by Gasteiger charge is 2.28. The Morgan fingerprint density at radius 1 is 1.42 bits per heavy atom. The van der Waals surface area contributed by atoms with E-state index in [0.29, 0.717) is 23.0 Å². The van der Waals surface area contributed by atoms with E-state index in [4.69, 9.17) is 10.5 Å². The average molecular weight is 285 g/mol. The minimum absolute atomic E-state index is 0.268. The van der Waals surface area contributed by atoms with Crippen molar-refractivity contribution < 1.29 is 9.53 Å². The molecule has 0 bridgehead atoms. The Balaban J connectivity index is 3.24. The molecule has 19 heavy (non-hydrogen) atoms. The summed E-state index contributed by atoms with van der Waals surface area (Å²) in [6.07, 6.45) is 1.01. The van der Waals surface area contributed by atoms with Crippen LogP contribution in [0.1, 0.15) is 51.4 Å². The van der Waals surface area contributed by atoms with Gasteiger partial charge >= 0.3 is 5.97 Å². The first-order chi connectivity index (χ1) is 8.82. The number of nitrogens with two attached hydrogens (primary N) is 1. The van der Waals surface area contributed by atoms with Crippen molar-refractivity contribution in [2.45, 2.75) is 51.6 Å². The Bertz CT molecular complexity index is 449. The Morgan fingerprint density at radius 3 is 2.53 bits per heavy atom. The lowest BCUT2D eigenvalue weighted by Gasteiger charge is -2.20. The lowest BCUT2D eigenvalue weighted by atomic mass is 10.1. The minimum Gasteiger partial charge on any atom is -0.462 e. The Labute approximate surface area is 118 Å². The third-order valence-electron chi connectivity index (χ3n) is 2.45. The van der Waals surface area contributed by atoms with Crippen molar-refractivity contribution in [3.05, 3.63) is 5.56 Å². The first kappa shape index (κ1) is 15.9. The second kappa shape index (κ2) is 6.32. The van der Waals surface area contributed by atoms with Crippen LogP contribution in [0.5, 0.6) is 0 Å². The zero-order valence-electron chi connectivity index (χ0n) is 12.3. The molecular formula is C13H23N3O2S. The van der Waals surface area contributed by atoms with Crippen LogP contribution in [0.2, 0.25) is 0 Å². The van der Waals surface area contributed by atoms with E-state index in [1.54, 1.807) is 11.6 Å². The maximum absolute atomic E-state index is 12.0. The number of anilines is 1. The van der Waals surface area contributed by atoms with Gasteiger partial charge in [0.15, 0.2) is 0 Å². The molecule has 5 nitrogen and oxygen atoms in total. The number of nitrogens with zero attached hydrogens (tertiary/aromatic N) is 2. The summed E-state index contributed by atoms with van der Waals surface area (Å²) in [5, 5.41) is 5.14. The van der Waals surface area contributed by atoms with Gasteiger partial charge in [0.2, 0.25) is 0 Å². The number of rotatable bonds is 5. The van der Waals surface area contributed by atoms with E-state index in [-0.39, 0.29) is 5.54 Å². The summed E-state index contributed by atoms with van der Waals surface area (Å²) < 4.78 is 6.76. The molecule has 0 aliphatic carbocycles. The summed E-state index contributed by atoms with van der Waals surface area (Å²) in [6, 6.07) is 0. The monoisotopic (exact) mass is 285 g/mol. The summed E-state index contributed by atoms with van der Waals surface area (Å²) in [6.45, 7) is 10.2. The molecular weight excluding hydrogens is 262 g/mol. The van der Waals surface area contributed by atoms with Crippen LogP contribution in [0.4, 0.5) is 5.82 Å². The molecule has 108 valence electrons. The summed E-state index contributed by atoms with van der Waals surface area (Å²) in [5.41, 5.74) is 6.21. The van der Waals surface area contributed by atoms with Gasteiger partial charge in [-0.3, -0.25) is 0 Å². The van der Waals surface area contributed by atoms with Crippen LogP contribution in [0.3, 0.4) is 0 Å². The zero-order valence-corrected chi connectivity index (χ0v) is 13.1. The third kappa shape index (κ3) is 3.65. The number of hydrogen-bond acceptors (Lipinski definition) is 5. The molecule has 0 atom stereocenters. The topological polar surface area (TPSA) is 70.1 Å². The predicted octanol–water partition coefficient (Wildman–Crippen LogP) is 2.90. The SMILES string of the molecule is CCCSc1nn(C(C)(C)C)c(N)c1C(=O)OCC. The maximum atomic E-state index is 12.0. The van der Waals surface area contributed by atoms with Gasteiger partial charge in [-0.25, -0.2) is 9.48 Å². The van der Waals surface area contributed by atoms with Crippen LogP contribution in [-0.2, 0) is 10.3 Å². The number of aromatic nitrogens is 2. The molecule has 1 rings (SSSR count). The fraction of sp³-hybridized carbons (Fsp3) is 0.692. The molecule has 1 heterocycles. The number of carbonyl (C=O) groups is 1. The molecule has 0 aliphatic heterocycles. The molecule has 0 saturated carbocycles. The highest BCUT2D eigenvalue weighted by atomic mass is 32.2. The molecule has 0 aliphatic rings. The molecule has 0 unspecified atom stereocenters. The van der Waals surface area contributed by atoms with Gasteiger partial charge in [-0.15, -0.1) is 11.8 Å². The minimum atomic E-state index is -0.394. The zero-order chi connectivity index (χ0) is 14.6. The Morgan fingerprint density at radius 2 is 2.05 bits per heavy atom. The molecule has 0 spiro atoms. The van der Waals surface area contributed by atoms with Crippen molar-refractivity contribution >= 4 is 23.5 Å². The molecule has 0 radical (unpaired) electrons. The van der Waals surface area contributed by atoms with Gasteiger partial charge < -0.3 is 10.5 Å². The highest BCUT2D eigenvalue weighted by molar-refractivity contribution is 7.99. The first-order valence-electron chi connectivity index (χ1n) is 6.51. The molecule has 6 heteroatoms. The van der Waals surface area contributed by atoms with Crippen LogP contribution in [0.25, 0.3) is 0 Å². The van der Waals surface area contributed by atoms with E-state index in [0.717, 1.165) is 12.2 Å². The van der Waals surface area contributed by atoms with Gasteiger partial charge in [0.25, 0.3) is 0 Å². The van der Waals surface area contributed by atoms with E-state index >= 15 is 0 Å². The predicted molar refractivity (Wildman–Crippen MR) is 78.6 cm³/mol. The number of ether oxygens (including phenoxy) is 1. The molecule has 0 amide bonds. The Kier molecular flexibility index (Phi) is 5.29. The van der Waals surface area contributed by atoms with E-state index < -0.39 is 5.97 Å². The normalized spacial score (nSPS) is 11.6. The summed E-state index contributed by atoms with van der Waals surface area (Å²) in [4.78, 5) is 12.0. The van der Waals surface area contributed by atoms with E-state index in [1.807, 2.05) is 20.8 Å². The van der Waals surface area contributed by atoms with Gasteiger partial charge in [-0.2, -0.15) is 5.10 Å². The van der Waals surface area contributed by atoms with Crippen molar-refractivity contribution in [2.75, 3.05) is 18.1 Å².